The van der Waals surface area contributed by atoms with Crippen molar-refractivity contribution in [3.63, 3.8) is 0 Å². The summed E-state index contributed by atoms with van der Waals surface area (Å²) in [6.07, 6.45) is 1.75. The van der Waals surface area contributed by atoms with Gasteiger partial charge in [0.15, 0.2) is 5.65 Å². The lowest BCUT2D eigenvalue weighted by Crippen LogP contribution is -2.10. The van der Waals surface area contributed by atoms with Crippen LogP contribution < -0.4 is 5.73 Å². The van der Waals surface area contributed by atoms with E-state index >= 15 is 0 Å². The van der Waals surface area contributed by atoms with E-state index in [1.807, 2.05) is 25.1 Å². The third kappa shape index (κ3) is 1.95. The van der Waals surface area contributed by atoms with Crippen molar-refractivity contribution in [2.45, 2.75) is 6.92 Å². The van der Waals surface area contributed by atoms with E-state index in [2.05, 4.69) is 15.2 Å². The summed E-state index contributed by atoms with van der Waals surface area (Å²) in [5, 5.41) is 7.83. The van der Waals surface area contributed by atoms with E-state index < -0.39 is 5.91 Å². The molecule has 0 fully saturated rings. The maximum atomic E-state index is 11.1. The predicted octanol–water partition coefficient (Wildman–Crippen LogP) is 2.03. The van der Waals surface area contributed by atoms with Crippen LogP contribution in [0.5, 0.6) is 0 Å². The predicted molar refractivity (Wildman–Crippen MR) is 72.6 cm³/mol. The molecule has 0 aliphatic carbocycles. The summed E-state index contributed by atoms with van der Waals surface area (Å²) in [5.41, 5.74) is 9.44. The van der Waals surface area contributed by atoms with Gasteiger partial charge in [0.05, 0.1) is 6.20 Å². The Labute approximate surface area is 109 Å². The Hall–Kier alpha value is -2.69. The molecule has 3 aromatic rings. The molecule has 0 aliphatic heterocycles. The van der Waals surface area contributed by atoms with E-state index in [-0.39, 0.29) is 0 Å². The van der Waals surface area contributed by atoms with Crippen molar-refractivity contribution in [1.82, 2.24) is 15.2 Å². The summed E-state index contributed by atoms with van der Waals surface area (Å²) in [4.78, 5) is 15.4. The number of hydrogen-bond donors (Lipinski definition) is 2. The number of aromatic nitrogens is 3. The van der Waals surface area contributed by atoms with Crippen LogP contribution in [0.1, 0.15) is 16.1 Å². The van der Waals surface area contributed by atoms with Gasteiger partial charge in [-0.3, -0.25) is 9.89 Å². The highest BCUT2D eigenvalue weighted by Gasteiger charge is 2.08. The molecule has 2 aromatic heterocycles. The highest BCUT2D eigenvalue weighted by Crippen LogP contribution is 2.27. The molecular weight excluding hydrogens is 240 g/mol. The van der Waals surface area contributed by atoms with Crippen LogP contribution in [0.3, 0.4) is 0 Å². The quantitative estimate of drug-likeness (QED) is 0.731. The lowest BCUT2D eigenvalue weighted by atomic mass is 10.0. The average molecular weight is 252 g/mol. The zero-order valence-corrected chi connectivity index (χ0v) is 10.3. The van der Waals surface area contributed by atoms with Crippen LogP contribution in [0, 0.1) is 6.92 Å². The Morgan fingerprint density at radius 2 is 2.00 bits per heavy atom. The second-order valence-corrected chi connectivity index (χ2v) is 4.39. The minimum absolute atomic E-state index is 0.425. The zero-order valence-electron chi connectivity index (χ0n) is 10.3. The second kappa shape index (κ2) is 4.20. The number of benzene rings is 1. The van der Waals surface area contributed by atoms with Crippen molar-refractivity contribution in [2.24, 2.45) is 5.73 Å². The van der Waals surface area contributed by atoms with Crippen molar-refractivity contribution in [3.05, 3.63) is 47.8 Å². The van der Waals surface area contributed by atoms with Crippen LogP contribution in [0.15, 0.2) is 36.5 Å². The molecule has 1 aromatic carbocycles. The molecule has 0 spiro atoms. The molecule has 3 rings (SSSR count). The van der Waals surface area contributed by atoms with E-state index in [0.717, 1.165) is 27.9 Å². The van der Waals surface area contributed by atoms with E-state index in [9.17, 15) is 4.79 Å². The van der Waals surface area contributed by atoms with E-state index in [0.29, 0.717) is 5.56 Å². The summed E-state index contributed by atoms with van der Waals surface area (Å²) in [6, 6.07) is 9.19. The largest absolute Gasteiger partial charge is 0.366 e. The third-order valence-corrected chi connectivity index (χ3v) is 3.03. The summed E-state index contributed by atoms with van der Waals surface area (Å²) in [5.74, 6) is -0.425. The maximum absolute atomic E-state index is 11.1. The molecule has 2 heterocycles. The Kier molecular flexibility index (Phi) is 2.52. The van der Waals surface area contributed by atoms with Gasteiger partial charge in [-0.2, -0.15) is 5.10 Å². The van der Waals surface area contributed by atoms with Gasteiger partial charge in [-0.15, -0.1) is 0 Å². The zero-order chi connectivity index (χ0) is 13.4. The van der Waals surface area contributed by atoms with Gasteiger partial charge in [-0.05, 0) is 36.2 Å². The minimum atomic E-state index is -0.425. The van der Waals surface area contributed by atoms with Crippen molar-refractivity contribution < 1.29 is 4.79 Å². The number of hydrogen-bond acceptors (Lipinski definition) is 3. The van der Waals surface area contributed by atoms with Crippen molar-refractivity contribution in [3.8, 4) is 11.1 Å². The second-order valence-electron chi connectivity index (χ2n) is 4.39. The van der Waals surface area contributed by atoms with Crippen LogP contribution in [-0.4, -0.2) is 21.1 Å². The number of fused-ring (bicyclic) bond motifs is 1. The number of carbonyl (C=O) groups is 1. The summed E-state index contributed by atoms with van der Waals surface area (Å²) in [7, 11) is 0. The molecule has 1 amide bonds. The summed E-state index contributed by atoms with van der Waals surface area (Å²) < 4.78 is 0. The molecule has 0 radical (unpaired) electrons. The van der Waals surface area contributed by atoms with Gasteiger partial charge in [0.25, 0.3) is 0 Å². The average Bonchev–Trinajstić information content (AvgIpc) is 2.85. The Bertz CT molecular complexity index is 759. The minimum Gasteiger partial charge on any atom is -0.366 e. The fourth-order valence-electron chi connectivity index (χ4n) is 2.11. The lowest BCUT2D eigenvalue weighted by molar-refractivity contribution is 0.100. The molecule has 0 atom stereocenters. The Balaban J connectivity index is 2.18. The lowest BCUT2D eigenvalue weighted by Gasteiger charge is -2.05. The number of amides is 1. The molecule has 0 saturated heterocycles. The third-order valence-electron chi connectivity index (χ3n) is 3.03. The smallest absolute Gasteiger partial charge is 0.248 e. The maximum Gasteiger partial charge on any atom is 0.248 e. The molecule has 3 N–H and O–H groups in total. The molecule has 94 valence electrons. The SMILES string of the molecule is Cc1cc(-c2ccc(C(N)=O)cc2)c2cn[nH]c2n1. The van der Waals surface area contributed by atoms with Crippen LogP contribution in [0.25, 0.3) is 22.2 Å². The van der Waals surface area contributed by atoms with Crippen LogP contribution in [-0.2, 0) is 0 Å². The number of H-pyrrole nitrogens is 1. The number of nitrogens with zero attached hydrogens (tertiary/aromatic N) is 2. The highest BCUT2D eigenvalue weighted by molar-refractivity contribution is 5.95. The number of nitrogens with one attached hydrogen (secondary N) is 1. The first kappa shape index (κ1) is 11.4. The number of carbonyl (C=O) groups excluding carboxylic acids is 1. The first-order chi connectivity index (χ1) is 9.15. The van der Waals surface area contributed by atoms with E-state index in [1.54, 1.807) is 18.3 Å². The first-order valence-corrected chi connectivity index (χ1v) is 5.86. The Morgan fingerprint density at radius 1 is 1.26 bits per heavy atom. The number of aromatic amines is 1. The molecule has 0 aliphatic rings. The molecule has 0 unspecified atom stereocenters. The van der Waals surface area contributed by atoms with E-state index in [1.165, 1.54) is 0 Å². The van der Waals surface area contributed by atoms with Gasteiger partial charge in [0.2, 0.25) is 5.91 Å². The molecule has 5 heteroatoms. The van der Waals surface area contributed by atoms with Gasteiger partial charge in [0.1, 0.15) is 0 Å². The van der Waals surface area contributed by atoms with Crippen molar-refractivity contribution >= 4 is 16.9 Å². The molecule has 0 bridgehead atoms. The Morgan fingerprint density at radius 3 is 2.68 bits per heavy atom. The van der Waals surface area contributed by atoms with Crippen molar-refractivity contribution in [2.75, 3.05) is 0 Å². The monoisotopic (exact) mass is 252 g/mol. The van der Waals surface area contributed by atoms with Crippen LogP contribution in [0.4, 0.5) is 0 Å². The van der Waals surface area contributed by atoms with Crippen LogP contribution >= 0.6 is 0 Å². The first-order valence-electron chi connectivity index (χ1n) is 5.86. The van der Waals surface area contributed by atoms with Gasteiger partial charge >= 0.3 is 0 Å². The highest BCUT2D eigenvalue weighted by atomic mass is 16.1. The molecule has 19 heavy (non-hydrogen) atoms. The number of aryl methyl sites for hydroxylation is 1. The van der Waals surface area contributed by atoms with Gasteiger partial charge < -0.3 is 5.73 Å². The molecular formula is C14H12N4O. The summed E-state index contributed by atoms with van der Waals surface area (Å²) >= 11 is 0. The number of primary amides is 1. The number of pyridine rings is 1. The molecule has 5 nitrogen and oxygen atoms in total. The molecule has 0 saturated carbocycles. The number of nitrogens with two attached hydrogens (primary N) is 1. The normalized spacial score (nSPS) is 10.8. The van der Waals surface area contributed by atoms with Crippen LogP contribution in [0.2, 0.25) is 0 Å². The fourth-order valence-corrected chi connectivity index (χ4v) is 2.11. The fraction of sp³-hybridized carbons (Fsp3) is 0.0714. The topological polar surface area (TPSA) is 84.7 Å². The van der Waals surface area contributed by atoms with Crippen molar-refractivity contribution in [1.29, 1.82) is 0 Å². The standard InChI is InChI=1S/C14H12N4O/c1-8-6-11(12-7-16-18-14(12)17-8)9-2-4-10(5-3-9)13(15)19/h2-7H,1H3,(H2,15,19)(H,16,17,18). The van der Waals surface area contributed by atoms with E-state index in [4.69, 9.17) is 5.73 Å². The van der Waals surface area contributed by atoms with Gasteiger partial charge in [0, 0.05) is 16.6 Å². The summed E-state index contributed by atoms with van der Waals surface area (Å²) in [6.45, 7) is 1.93. The number of rotatable bonds is 2. The van der Waals surface area contributed by atoms with Gasteiger partial charge in [-0.25, -0.2) is 4.98 Å². The van der Waals surface area contributed by atoms with Gasteiger partial charge in [-0.1, -0.05) is 12.1 Å².